The van der Waals surface area contributed by atoms with Gasteiger partial charge in [0.2, 0.25) is 0 Å². The number of aliphatic hydroxyl groups is 1. The molecule has 0 aromatic carbocycles. The van der Waals surface area contributed by atoms with Crippen LogP contribution in [0.3, 0.4) is 0 Å². The molecule has 1 N–H and O–H groups in total. The largest absolute Gasteiger partial charge is 0.396 e. The highest BCUT2D eigenvalue weighted by atomic mass is 79.9. The molecule has 1 heterocycles. The van der Waals surface area contributed by atoms with Gasteiger partial charge in [0.15, 0.2) is 0 Å². The second-order valence-corrected chi connectivity index (χ2v) is 4.44. The molecule has 0 amide bonds. The van der Waals surface area contributed by atoms with Crippen LogP contribution in [0.2, 0.25) is 0 Å². The van der Waals surface area contributed by atoms with E-state index in [2.05, 4.69) is 26.9 Å². The smallest absolute Gasteiger partial charge is 0.0670 e. The number of nitrogens with zero attached hydrogens (tertiary/aromatic N) is 2. The third kappa shape index (κ3) is 4.06. The van der Waals surface area contributed by atoms with Crippen LogP contribution in [0.25, 0.3) is 0 Å². The van der Waals surface area contributed by atoms with Crippen molar-refractivity contribution in [2.45, 2.75) is 19.3 Å². The quantitative estimate of drug-likeness (QED) is 0.779. The molecule has 3 nitrogen and oxygen atoms in total. The van der Waals surface area contributed by atoms with E-state index in [0.717, 1.165) is 36.0 Å². The summed E-state index contributed by atoms with van der Waals surface area (Å²) in [6, 6.07) is 2.14. The maximum Gasteiger partial charge on any atom is 0.0670 e. The third-order valence-electron chi connectivity index (χ3n) is 2.30. The molecule has 15 heavy (non-hydrogen) atoms. The fourth-order valence-electron chi connectivity index (χ4n) is 1.44. The highest BCUT2D eigenvalue weighted by Gasteiger charge is 2.10. The Morgan fingerprint density at radius 3 is 2.93 bits per heavy atom. The van der Waals surface area contributed by atoms with E-state index in [1.807, 2.05) is 12.3 Å². The van der Waals surface area contributed by atoms with E-state index in [-0.39, 0.29) is 6.61 Å². The van der Waals surface area contributed by atoms with Crippen LogP contribution in [0.15, 0.2) is 22.3 Å². The van der Waals surface area contributed by atoms with Gasteiger partial charge in [-0.1, -0.05) is 15.9 Å². The molecule has 0 aliphatic carbocycles. The summed E-state index contributed by atoms with van der Waals surface area (Å²) >= 11 is 3.49. The molecule has 0 atom stereocenters. The van der Waals surface area contributed by atoms with Crippen LogP contribution < -0.4 is 0 Å². The topological polar surface area (TPSA) is 47.3 Å². The standard InChI is InChI=1S/C11H15BrN2O/c12-11-9-14(6-1-2-8-15)7-4-10(11)3-5-13/h4,7,15H,1-3,6,8-9H2. The van der Waals surface area contributed by atoms with Crippen LogP contribution in [-0.2, 0) is 0 Å². The number of aliphatic hydroxyl groups excluding tert-OH is 1. The van der Waals surface area contributed by atoms with Crippen LogP contribution in [0.4, 0.5) is 0 Å². The minimum absolute atomic E-state index is 0.258. The number of unbranched alkanes of at least 4 members (excludes halogenated alkanes) is 1. The monoisotopic (exact) mass is 270 g/mol. The van der Waals surface area contributed by atoms with E-state index >= 15 is 0 Å². The summed E-state index contributed by atoms with van der Waals surface area (Å²) < 4.78 is 1.09. The van der Waals surface area contributed by atoms with Gasteiger partial charge >= 0.3 is 0 Å². The first-order chi connectivity index (χ1) is 7.27. The molecule has 1 rings (SSSR count). The molecule has 4 heteroatoms. The van der Waals surface area contributed by atoms with Gasteiger partial charge in [0.25, 0.3) is 0 Å². The minimum atomic E-state index is 0.258. The molecule has 0 saturated carbocycles. The van der Waals surface area contributed by atoms with Crippen molar-refractivity contribution in [3.8, 4) is 6.07 Å². The zero-order chi connectivity index (χ0) is 11.1. The Hall–Kier alpha value is -0.790. The van der Waals surface area contributed by atoms with Crippen LogP contribution in [0.1, 0.15) is 19.3 Å². The maximum absolute atomic E-state index is 8.67. The Balaban J connectivity index is 2.40. The lowest BCUT2D eigenvalue weighted by Gasteiger charge is -2.24. The Kier molecular flexibility index (Phi) is 5.44. The van der Waals surface area contributed by atoms with Crippen molar-refractivity contribution < 1.29 is 5.11 Å². The lowest BCUT2D eigenvalue weighted by Crippen LogP contribution is -2.23. The Morgan fingerprint density at radius 1 is 1.53 bits per heavy atom. The van der Waals surface area contributed by atoms with E-state index in [1.54, 1.807) is 0 Å². The highest BCUT2D eigenvalue weighted by molar-refractivity contribution is 9.11. The Morgan fingerprint density at radius 2 is 2.33 bits per heavy atom. The summed E-state index contributed by atoms with van der Waals surface area (Å²) in [6.07, 6.45) is 6.30. The molecule has 0 fully saturated rings. The van der Waals surface area contributed by atoms with Gasteiger partial charge in [0.05, 0.1) is 12.5 Å². The van der Waals surface area contributed by atoms with Crippen molar-refractivity contribution in [1.29, 1.82) is 5.26 Å². The molecular weight excluding hydrogens is 256 g/mol. The fraction of sp³-hybridized carbons (Fsp3) is 0.545. The third-order valence-corrected chi connectivity index (χ3v) is 3.06. The first kappa shape index (κ1) is 12.3. The van der Waals surface area contributed by atoms with Crippen LogP contribution >= 0.6 is 15.9 Å². The average molecular weight is 271 g/mol. The lowest BCUT2D eigenvalue weighted by molar-refractivity contribution is 0.273. The van der Waals surface area contributed by atoms with Gasteiger partial charge in [0, 0.05) is 24.2 Å². The van der Waals surface area contributed by atoms with Crippen molar-refractivity contribution >= 4 is 15.9 Å². The molecule has 82 valence electrons. The molecule has 0 unspecified atom stereocenters. The van der Waals surface area contributed by atoms with Crippen molar-refractivity contribution in [2.75, 3.05) is 19.7 Å². The molecule has 0 bridgehead atoms. The summed E-state index contributed by atoms with van der Waals surface area (Å²) in [5, 5.41) is 17.3. The molecule has 1 aliphatic rings. The summed E-state index contributed by atoms with van der Waals surface area (Å²) in [4.78, 5) is 2.18. The van der Waals surface area contributed by atoms with Gasteiger partial charge < -0.3 is 10.0 Å². The molecule has 0 spiro atoms. The number of allylic oxidation sites excluding steroid dienone is 2. The molecular formula is C11H15BrN2O. The molecule has 0 aromatic heterocycles. The molecule has 0 aromatic rings. The lowest BCUT2D eigenvalue weighted by atomic mass is 10.1. The van der Waals surface area contributed by atoms with E-state index < -0.39 is 0 Å². The predicted molar refractivity (Wildman–Crippen MR) is 63.2 cm³/mol. The van der Waals surface area contributed by atoms with Crippen molar-refractivity contribution in [2.24, 2.45) is 0 Å². The predicted octanol–water partition coefficient (Wildman–Crippen LogP) is 2.15. The van der Waals surface area contributed by atoms with Crippen LogP contribution in [0, 0.1) is 11.3 Å². The molecule has 0 saturated heterocycles. The van der Waals surface area contributed by atoms with Gasteiger partial charge in [-0.05, 0) is 30.7 Å². The van der Waals surface area contributed by atoms with E-state index in [9.17, 15) is 0 Å². The molecule has 0 radical (unpaired) electrons. The van der Waals surface area contributed by atoms with Gasteiger partial charge in [-0.2, -0.15) is 5.26 Å². The average Bonchev–Trinajstić information content (AvgIpc) is 2.23. The van der Waals surface area contributed by atoms with Gasteiger partial charge in [-0.3, -0.25) is 0 Å². The summed E-state index contributed by atoms with van der Waals surface area (Å²) in [7, 11) is 0. The Bertz CT molecular complexity index is 304. The summed E-state index contributed by atoms with van der Waals surface area (Å²) in [6.45, 7) is 2.04. The first-order valence-electron chi connectivity index (χ1n) is 5.05. The normalized spacial score (nSPS) is 15.7. The summed E-state index contributed by atoms with van der Waals surface area (Å²) in [5.41, 5.74) is 1.07. The first-order valence-corrected chi connectivity index (χ1v) is 5.85. The highest BCUT2D eigenvalue weighted by Crippen LogP contribution is 2.22. The van der Waals surface area contributed by atoms with Crippen LogP contribution in [0.5, 0.6) is 0 Å². The van der Waals surface area contributed by atoms with Crippen LogP contribution in [-0.4, -0.2) is 29.7 Å². The van der Waals surface area contributed by atoms with Gasteiger partial charge in [0.1, 0.15) is 0 Å². The SMILES string of the molecule is N#CCC1=C(Br)CN(CCCCO)C=C1. The zero-order valence-electron chi connectivity index (χ0n) is 8.62. The number of rotatable bonds is 5. The van der Waals surface area contributed by atoms with Crippen molar-refractivity contribution in [3.63, 3.8) is 0 Å². The fourth-order valence-corrected chi connectivity index (χ4v) is 2.03. The van der Waals surface area contributed by atoms with E-state index in [0.29, 0.717) is 6.42 Å². The van der Waals surface area contributed by atoms with Crippen molar-refractivity contribution in [3.05, 3.63) is 22.3 Å². The van der Waals surface area contributed by atoms with E-state index in [1.165, 1.54) is 0 Å². The second kappa shape index (κ2) is 6.65. The number of halogens is 1. The second-order valence-electron chi connectivity index (χ2n) is 3.48. The number of hydrogen-bond donors (Lipinski definition) is 1. The van der Waals surface area contributed by atoms with Gasteiger partial charge in [-0.15, -0.1) is 0 Å². The minimum Gasteiger partial charge on any atom is -0.396 e. The number of nitriles is 1. The van der Waals surface area contributed by atoms with E-state index in [4.69, 9.17) is 10.4 Å². The number of hydrogen-bond acceptors (Lipinski definition) is 3. The van der Waals surface area contributed by atoms with Gasteiger partial charge in [-0.25, -0.2) is 0 Å². The Labute approximate surface area is 98.8 Å². The summed E-state index contributed by atoms with van der Waals surface area (Å²) in [5.74, 6) is 0. The van der Waals surface area contributed by atoms with Crippen molar-refractivity contribution in [1.82, 2.24) is 4.90 Å². The zero-order valence-corrected chi connectivity index (χ0v) is 10.2. The maximum atomic E-state index is 8.67. The molecule has 1 aliphatic heterocycles.